The van der Waals surface area contributed by atoms with Gasteiger partial charge in [0.2, 0.25) is 11.8 Å². The smallest absolute Gasteiger partial charge is 0.247 e. The summed E-state index contributed by atoms with van der Waals surface area (Å²) in [5.41, 5.74) is 0. The van der Waals surface area contributed by atoms with Crippen LogP contribution in [0.25, 0.3) is 0 Å². The molecule has 2 aliphatic rings. The molecule has 5 heteroatoms. The summed E-state index contributed by atoms with van der Waals surface area (Å²) in [6, 6.07) is -0.281. The second kappa shape index (κ2) is 4.76. The molecule has 0 aromatic carbocycles. The Hall–Kier alpha value is -1.20. The highest BCUT2D eigenvalue weighted by Gasteiger charge is 2.41. The molecule has 5 nitrogen and oxygen atoms in total. The maximum absolute atomic E-state index is 12.0. The van der Waals surface area contributed by atoms with Crippen LogP contribution >= 0.6 is 0 Å². The van der Waals surface area contributed by atoms with Crippen LogP contribution < -0.4 is 0 Å². The van der Waals surface area contributed by atoms with Crippen molar-refractivity contribution in [2.45, 2.75) is 12.5 Å². The van der Waals surface area contributed by atoms with Crippen LogP contribution in [0, 0.1) is 0 Å². The quantitative estimate of drug-likeness (QED) is 0.485. The summed E-state index contributed by atoms with van der Waals surface area (Å²) in [7, 11) is 0. The molecule has 0 saturated carbocycles. The number of hydrogen-bond donors (Lipinski definition) is 0. The molecule has 0 aromatic rings. The van der Waals surface area contributed by atoms with Gasteiger partial charge in [-0.3, -0.25) is 19.4 Å². The fourth-order valence-electron chi connectivity index (χ4n) is 2.16. The molecule has 0 aliphatic carbocycles. The van der Waals surface area contributed by atoms with E-state index in [9.17, 15) is 9.59 Å². The minimum Gasteiger partial charge on any atom is -0.379 e. The molecule has 0 aromatic heterocycles. The van der Waals surface area contributed by atoms with Gasteiger partial charge in [-0.15, -0.1) is 6.58 Å². The van der Waals surface area contributed by atoms with E-state index in [1.54, 1.807) is 6.08 Å². The number of imide groups is 1. The van der Waals surface area contributed by atoms with Gasteiger partial charge in [0.25, 0.3) is 0 Å². The summed E-state index contributed by atoms with van der Waals surface area (Å²) in [6.07, 6.45) is 1.88. The van der Waals surface area contributed by atoms with Crippen LogP contribution in [-0.4, -0.2) is 60.5 Å². The van der Waals surface area contributed by atoms with E-state index in [0.29, 0.717) is 26.2 Å². The Kier molecular flexibility index (Phi) is 3.36. The molecule has 1 atom stereocenters. The molecule has 2 amide bonds. The number of morpholine rings is 1. The van der Waals surface area contributed by atoms with Gasteiger partial charge in [-0.1, -0.05) is 6.08 Å². The fraction of sp³-hybridized carbons (Fsp3) is 0.636. The van der Waals surface area contributed by atoms with E-state index in [0.717, 1.165) is 13.1 Å². The summed E-state index contributed by atoms with van der Waals surface area (Å²) >= 11 is 0. The second-order valence-electron chi connectivity index (χ2n) is 4.00. The van der Waals surface area contributed by atoms with Gasteiger partial charge in [0, 0.05) is 19.6 Å². The van der Waals surface area contributed by atoms with Crippen LogP contribution in [0.1, 0.15) is 6.42 Å². The number of amides is 2. The van der Waals surface area contributed by atoms with Crippen molar-refractivity contribution in [3.8, 4) is 0 Å². The number of rotatable bonds is 3. The molecule has 0 unspecified atom stereocenters. The van der Waals surface area contributed by atoms with E-state index in [-0.39, 0.29) is 17.9 Å². The van der Waals surface area contributed by atoms with E-state index in [1.807, 2.05) is 4.90 Å². The summed E-state index contributed by atoms with van der Waals surface area (Å²) in [5, 5.41) is 0. The number of hydrogen-bond acceptors (Lipinski definition) is 4. The molecule has 0 radical (unpaired) electrons. The molecule has 2 aliphatic heterocycles. The number of carbonyl (C=O) groups excluding carboxylic acids is 2. The molecule has 2 rings (SSSR count). The molecule has 0 spiro atoms. The van der Waals surface area contributed by atoms with Crippen molar-refractivity contribution in [1.29, 1.82) is 0 Å². The normalized spacial score (nSPS) is 27.5. The van der Waals surface area contributed by atoms with Crippen molar-refractivity contribution in [1.82, 2.24) is 9.80 Å². The zero-order chi connectivity index (χ0) is 11.5. The topological polar surface area (TPSA) is 49.9 Å². The number of ether oxygens (including phenoxy) is 1. The van der Waals surface area contributed by atoms with E-state index in [4.69, 9.17) is 4.74 Å². The summed E-state index contributed by atoms with van der Waals surface area (Å²) in [4.78, 5) is 26.9. The van der Waals surface area contributed by atoms with Crippen molar-refractivity contribution >= 4 is 11.8 Å². The lowest BCUT2D eigenvalue weighted by Gasteiger charge is -2.30. The number of likely N-dealkylation sites (tertiary alicyclic amines) is 1. The Balaban J connectivity index is 2.04. The summed E-state index contributed by atoms with van der Waals surface area (Å²) in [5.74, 6) is -0.187. The highest BCUT2D eigenvalue weighted by Crippen LogP contribution is 2.19. The molecule has 2 heterocycles. The van der Waals surface area contributed by atoms with Gasteiger partial charge in [-0.2, -0.15) is 0 Å². The molecule has 0 bridgehead atoms. The van der Waals surface area contributed by atoms with Gasteiger partial charge >= 0.3 is 0 Å². The van der Waals surface area contributed by atoms with Gasteiger partial charge in [-0.05, 0) is 0 Å². The lowest BCUT2D eigenvalue weighted by atomic mass is 10.2. The van der Waals surface area contributed by atoms with Crippen LogP contribution in [0.2, 0.25) is 0 Å². The zero-order valence-corrected chi connectivity index (χ0v) is 9.22. The molecule has 88 valence electrons. The Bertz CT molecular complexity index is 310. The molecular weight excluding hydrogens is 208 g/mol. The third kappa shape index (κ3) is 2.01. The average molecular weight is 224 g/mol. The minimum atomic E-state index is -0.281. The Morgan fingerprint density at radius 3 is 2.69 bits per heavy atom. The average Bonchev–Trinajstić information content (AvgIpc) is 2.59. The first kappa shape index (κ1) is 11.3. The minimum absolute atomic E-state index is 0.0909. The predicted molar refractivity (Wildman–Crippen MR) is 57.7 cm³/mol. The Morgan fingerprint density at radius 2 is 2.06 bits per heavy atom. The van der Waals surface area contributed by atoms with Crippen LogP contribution in [0.15, 0.2) is 12.7 Å². The predicted octanol–water partition coefficient (Wildman–Crippen LogP) is -0.368. The highest BCUT2D eigenvalue weighted by atomic mass is 16.5. The van der Waals surface area contributed by atoms with E-state index < -0.39 is 0 Å². The molecule has 2 saturated heterocycles. The maximum Gasteiger partial charge on any atom is 0.247 e. The van der Waals surface area contributed by atoms with Gasteiger partial charge in [-0.25, -0.2) is 0 Å². The van der Waals surface area contributed by atoms with Gasteiger partial charge < -0.3 is 4.74 Å². The van der Waals surface area contributed by atoms with E-state index in [2.05, 4.69) is 6.58 Å². The molecule has 2 fully saturated rings. The van der Waals surface area contributed by atoms with Crippen molar-refractivity contribution < 1.29 is 14.3 Å². The zero-order valence-electron chi connectivity index (χ0n) is 9.22. The molecule has 16 heavy (non-hydrogen) atoms. The van der Waals surface area contributed by atoms with Crippen LogP contribution in [0.4, 0.5) is 0 Å². The van der Waals surface area contributed by atoms with Crippen molar-refractivity contribution in [2.75, 3.05) is 32.8 Å². The Labute approximate surface area is 94.6 Å². The Morgan fingerprint density at radius 1 is 1.38 bits per heavy atom. The summed E-state index contributed by atoms with van der Waals surface area (Å²) in [6.45, 7) is 6.60. The van der Waals surface area contributed by atoms with Crippen LogP contribution in [0.3, 0.4) is 0 Å². The van der Waals surface area contributed by atoms with Crippen molar-refractivity contribution in [3.63, 3.8) is 0 Å². The van der Waals surface area contributed by atoms with Gasteiger partial charge in [0.05, 0.1) is 25.7 Å². The van der Waals surface area contributed by atoms with Crippen molar-refractivity contribution in [2.24, 2.45) is 0 Å². The first-order chi connectivity index (χ1) is 7.74. The fourth-order valence-corrected chi connectivity index (χ4v) is 2.16. The van der Waals surface area contributed by atoms with Crippen LogP contribution in [0.5, 0.6) is 0 Å². The van der Waals surface area contributed by atoms with E-state index in [1.165, 1.54) is 4.90 Å². The largest absolute Gasteiger partial charge is 0.379 e. The molecule has 0 N–H and O–H groups in total. The summed E-state index contributed by atoms with van der Waals surface area (Å²) < 4.78 is 5.23. The SMILES string of the molecule is C=CCN1C(=O)C[C@@H](N2CCOCC2)C1=O. The third-order valence-corrected chi connectivity index (χ3v) is 3.02. The second-order valence-corrected chi connectivity index (χ2v) is 4.00. The van der Waals surface area contributed by atoms with E-state index >= 15 is 0 Å². The first-order valence-corrected chi connectivity index (χ1v) is 5.51. The van der Waals surface area contributed by atoms with Crippen molar-refractivity contribution in [3.05, 3.63) is 12.7 Å². The maximum atomic E-state index is 12.0. The highest BCUT2D eigenvalue weighted by molar-refractivity contribution is 6.05. The van der Waals surface area contributed by atoms with Gasteiger partial charge in [0.15, 0.2) is 0 Å². The van der Waals surface area contributed by atoms with Gasteiger partial charge in [0.1, 0.15) is 0 Å². The standard InChI is InChI=1S/C11H16N2O3/c1-2-3-13-10(14)8-9(11(13)15)12-4-6-16-7-5-12/h2,9H,1,3-8H2/t9-/m1/s1. The number of carbonyl (C=O) groups is 2. The van der Waals surface area contributed by atoms with Crippen LogP contribution in [-0.2, 0) is 14.3 Å². The lowest BCUT2D eigenvalue weighted by molar-refractivity contribution is -0.139. The lowest BCUT2D eigenvalue weighted by Crippen LogP contribution is -2.47. The monoisotopic (exact) mass is 224 g/mol. The number of nitrogens with zero attached hydrogens (tertiary/aromatic N) is 2. The third-order valence-electron chi connectivity index (χ3n) is 3.02. The molecular formula is C11H16N2O3. The first-order valence-electron chi connectivity index (χ1n) is 5.51.